The van der Waals surface area contributed by atoms with Gasteiger partial charge in [0.05, 0.1) is 5.69 Å². The summed E-state index contributed by atoms with van der Waals surface area (Å²) in [6.45, 7) is 6.14. The number of anilines is 1. The van der Waals surface area contributed by atoms with Crippen molar-refractivity contribution in [1.82, 2.24) is 15.0 Å². The summed E-state index contributed by atoms with van der Waals surface area (Å²) in [7, 11) is 0. The van der Waals surface area contributed by atoms with Crippen LogP contribution in [0.5, 0.6) is 0 Å². The Morgan fingerprint density at radius 1 is 0.759 bits per heavy atom. The molecule has 0 amide bonds. The first-order valence-corrected chi connectivity index (χ1v) is 9.78. The smallest absolute Gasteiger partial charge is 0.130 e. The van der Waals surface area contributed by atoms with Gasteiger partial charge in [0.15, 0.2) is 0 Å². The van der Waals surface area contributed by atoms with Gasteiger partial charge in [0.2, 0.25) is 0 Å². The molecule has 0 aliphatic carbocycles. The first kappa shape index (κ1) is 18.8. The van der Waals surface area contributed by atoms with Gasteiger partial charge in [-0.2, -0.15) is 0 Å². The maximum Gasteiger partial charge on any atom is 0.130 e. The van der Waals surface area contributed by atoms with Gasteiger partial charge in [0, 0.05) is 35.6 Å². The molecule has 4 rings (SSSR count). The minimum absolute atomic E-state index is 0.148. The molecule has 0 saturated carbocycles. The lowest BCUT2D eigenvalue weighted by Crippen LogP contribution is -2.09. The van der Waals surface area contributed by atoms with Crippen molar-refractivity contribution in [2.75, 3.05) is 5.32 Å². The third kappa shape index (κ3) is 4.49. The Hall–Kier alpha value is -3.53. The number of aromatic nitrogens is 3. The topological polar surface area (TPSA) is 50.7 Å². The van der Waals surface area contributed by atoms with Crippen LogP contribution in [0.1, 0.15) is 29.9 Å². The molecule has 2 aromatic carbocycles. The summed E-state index contributed by atoms with van der Waals surface area (Å²) >= 11 is 0. The monoisotopic (exact) mass is 380 g/mol. The minimum Gasteiger partial charge on any atom is -0.363 e. The highest BCUT2D eigenvalue weighted by molar-refractivity contribution is 5.71. The maximum absolute atomic E-state index is 4.64. The number of nitrogens with zero attached hydrogens (tertiary/aromatic N) is 3. The first-order chi connectivity index (χ1) is 14.1. The summed E-state index contributed by atoms with van der Waals surface area (Å²) in [5, 5.41) is 3.49. The number of rotatable bonds is 5. The highest BCUT2D eigenvalue weighted by Gasteiger charge is 2.10. The van der Waals surface area contributed by atoms with E-state index in [1.807, 2.05) is 43.6 Å². The number of hydrogen-bond donors (Lipinski definition) is 1. The Labute approximate surface area is 171 Å². The third-order valence-electron chi connectivity index (χ3n) is 4.92. The van der Waals surface area contributed by atoms with Crippen LogP contribution in [0, 0.1) is 13.8 Å². The molecule has 0 radical (unpaired) electrons. The van der Waals surface area contributed by atoms with Crippen LogP contribution >= 0.6 is 0 Å². The van der Waals surface area contributed by atoms with Gasteiger partial charge in [-0.3, -0.25) is 4.98 Å². The van der Waals surface area contributed by atoms with Crippen LogP contribution in [0.3, 0.4) is 0 Å². The second-order valence-corrected chi connectivity index (χ2v) is 7.29. The van der Waals surface area contributed by atoms with Gasteiger partial charge in [-0.1, -0.05) is 60.2 Å². The molecule has 0 aliphatic rings. The SMILES string of the molecule is Cc1ccc(-c2cncc(-c3cc(NC(C)c4ccccc4)nc(C)n3)c2)cc1. The van der Waals surface area contributed by atoms with Crippen LogP contribution < -0.4 is 5.32 Å². The van der Waals surface area contributed by atoms with E-state index in [-0.39, 0.29) is 6.04 Å². The Morgan fingerprint density at radius 2 is 1.48 bits per heavy atom. The molecular formula is C25H24N4. The Kier molecular flexibility index (Phi) is 5.34. The van der Waals surface area contributed by atoms with E-state index in [4.69, 9.17) is 0 Å². The molecule has 1 unspecified atom stereocenters. The van der Waals surface area contributed by atoms with Crippen molar-refractivity contribution in [3.8, 4) is 22.4 Å². The van der Waals surface area contributed by atoms with Crippen molar-refractivity contribution in [1.29, 1.82) is 0 Å². The van der Waals surface area contributed by atoms with Crippen LogP contribution in [0.15, 0.2) is 79.1 Å². The second kappa shape index (κ2) is 8.23. The third-order valence-corrected chi connectivity index (χ3v) is 4.92. The van der Waals surface area contributed by atoms with Crippen LogP contribution in [0.25, 0.3) is 22.4 Å². The van der Waals surface area contributed by atoms with E-state index in [2.05, 4.69) is 76.6 Å². The zero-order chi connectivity index (χ0) is 20.2. The van der Waals surface area contributed by atoms with Gasteiger partial charge >= 0.3 is 0 Å². The number of hydrogen-bond acceptors (Lipinski definition) is 4. The number of nitrogens with one attached hydrogen (secondary N) is 1. The zero-order valence-corrected chi connectivity index (χ0v) is 16.9. The number of aryl methyl sites for hydroxylation is 2. The van der Waals surface area contributed by atoms with Gasteiger partial charge in [0.1, 0.15) is 11.6 Å². The van der Waals surface area contributed by atoms with E-state index >= 15 is 0 Å². The van der Waals surface area contributed by atoms with Crippen LogP contribution in [-0.2, 0) is 0 Å². The van der Waals surface area contributed by atoms with Gasteiger partial charge in [0.25, 0.3) is 0 Å². The molecule has 2 aromatic heterocycles. The minimum atomic E-state index is 0.148. The molecule has 1 atom stereocenters. The van der Waals surface area contributed by atoms with Gasteiger partial charge in [-0.25, -0.2) is 9.97 Å². The maximum atomic E-state index is 4.64. The lowest BCUT2D eigenvalue weighted by atomic mass is 10.0. The summed E-state index contributed by atoms with van der Waals surface area (Å²) < 4.78 is 0. The van der Waals surface area contributed by atoms with E-state index in [1.165, 1.54) is 11.1 Å². The molecule has 29 heavy (non-hydrogen) atoms. The lowest BCUT2D eigenvalue weighted by Gasteiger charge is -2.16. The normalized spacial score (nSPS) is 11.8. The summed E-state index contributed by atoms with van der Waals surface area (Å²) in [5.74, 6) is 1.54. The average Bonchev–Trinajstić information content (AvgIpc) is 2.74. The molecule has 4 nitrogen and oxygen atoms in total. The fourth-order valence-electron chi connectivity index (χ4n) is 3.32. The van der Waals surface area contributed by atoms with Gasteiger partial charge < -0.3 is 5.32 Å². The predicted octanol–water partition coefficient (Wildman–Crippen LogP) is 6.00. The molecule has 0 fully saturated rings. The van der Waals surface area contributed by atoms with E-state index in [0.717, 1.165) is 34.0 Å². The highest BCUT2D eigenvalue weighted by Crippen LogP contribution is 2.27. The second-order valence-electron chi connectivity index (χ2n) is 7.29. The Balaban J connectivity index is 1.64. The van der Waals surface area contributed by atoms with E-state index in [0.29, 0.717) is 0 Å². The standard InChI is InChI=1S/C25H24N4/c1-17-9-11-21(12-10-17)22-13-23(16-26-15-22)24-14-25(29-19(3)28-24)27-18(2)20-7-5-4-6-8-20/h4-16,18H,1-3H3,(H,27,28,29). The molecule has 2 heterocycles. The summed E-state index contributed by atoms with van der Waals surface area (Å²) in [4.78, 5) is 13.7. The zero-order valence-electron chi connectivity index (χ0n) is 16.9. The fourth-order valence-corrected chi connectivity index (χ4v) is 3.32. The fraction of sp³-hybridized carbons (Fsp3) is 0.160. The molecule has 4 aromatic rings. The van der Waals surface area contributed by atoms with Crippen molar-refractivity contribution in [2.24, 2.45) is 0 Å². The van der Waals surface area contributed by atoms with E-state index in [9.17, 15) is 0 Å². The summed E-state index contributed by atoms with van der Waals surface area (Å²) in [5.41, 5.74) is 6.52. The van der Waals surface area contributed by atoms with E-state index < -0.39 is 0 Å². The first-order valence-electron chi connectivity index (χ1n) is 9.78. The molecule has 0 spiro atoms. The van der Waals surface area contributed by atoms with Crippen molar-refractivity contribution in [3.05, 3.63) is 96.1 Å². The Bertz CT molecular complexity index is 1110. The van der Waals surface area contributed by atoms with E-state index in [1.54, 1.807) is 0 Å². The molecule has 144 valence electrons. The lowest BCUT2D eigenvalue weighted by molar-refractivity contribution is 0.867. The van der Waals surface area contributed by atoms with Crippen molar-refractivity contribution < 1.29 is 0 Å². The number of benzene rings is 2. The van der Waals surface area contributed by atoms with Crippen LogP contribution in [0.4, 0.5) is 5.82 Å². The predicted molar refractivity (Wildman–Crippen MR) is 119 cm³/mol. The van der Waals surface area contributed by atoms with Crippen molar-refractivity contribution >= 4 is 5.82 Å². The van der Waals surface area contributed by atoms with Crippen LogP contribution in [0.2, 0.25) is 0 Å². The summed E-state index contributed by atoms with van der Waals surface area (Å²) in [6.07, 6.45) is 3.74. The van der Waals surface area contributed by atoms with Crippen LogP contribution in [-0.4, -0.2) is 15.0 Å². The van der Waals surface area contributed by atoms with Gasteiger partial charge in [-0.05, 0) is 38.0 Å². The number of pyridine rings is 1. The molecule has 0 bridgehead atoms. The highest BCUT2D eigenvalue weighted by atomic mass is 15.0. The molecule has 0 aliphatic heterocycles. The van der Waals surface area contributed by atoms with Crippen molar-refractivity contribution in [3.63, 3.8) is 0 Å². The molecular weight excluding hydrogens is 356 g/mol. The molecule has 1 N–H and O–H groups in total. The summed E-state index contributed by atoms with van der Waals surface area (Å²) in [6, 6.07) is 23.1. The quantitative estimate of drug-likeness (QED) is 0.462. The van der Waals surface area contributed by atoms with Crippen molar-refractivity contribution in [2.45, 2.75) is 26.8 Å². The molecule has 4 heteroatoms. The Morgan fingerprint density at radius 3 is 2.24 bits per heavy atom. The van der Waals surface area contributed by atoms with Gasteiger partial charge in [-0.15, -0.1) is 0 Å². The molecule has 0 saturated heterocycles. The largest absolute Gasteiger partial charge is 0.363 e. The average molecular weight is 380 g/mol.